The summed E-state index contributed by atoms with van der Waals surface area (Å²) in [6.07, 6.45) is 3.54. The number of thiophene rings is 1. The van der Waals surface area contributed by atoms with Gasteiger partial charge in [-0.1, -0.05) is 13.8 Å². The summed E-state index contributed by atoms with van der Waals surface area (Å²) < 4.78 is 0. The Hall–Kier alpha value is -0.870. The molecule has 1 N–H and O–H groups in total. The Morgan fingerprint density at radius 1 is 1.47 bits per heavy atom. The summed E-state index contributed by atoms with van der Waals surface area (Å²) in [4.78, 5) is 14.6. The summed E-state index contributed by atoms with van der Waals surface area (Å²) in [5.74, 6) is 0.263. The van der Waals surface area contributed by atoms with Crippen molar-refractivity contribution >= 4 is 17.2 Å². The summed E-state index contributed by atoms with van der Waals surface area (Å²) in [6, 6.07) is 2.46. The van der Waals surface area contributed by atoms with Gasteiger partial charge >= 0.3 is 0 Å². The molecule has 0 spiro atoms. The van der Waals surface area contributed by atoms with Gasteiger partial charge in [0.15, 0.2) is 0 Å². The predicted molar refractivity (Wildman–Crippen MR) is 77.9 cm³/mol. The molecule has 3 nitrogen and oxygen atoms in total. The molecule has 1 saturated heterocycles. The third-order valence-electron chi connectivity index (χ3n) is 4.51. The highest BCUT2D eigenvalue weighted by Gasteiger charge is 2.45. The third-order valence-corrected chi connectivity index (χ3v) is 5.21. The second-order valence-electron chi connectivity index (χ2n) is 6.65. The molecule has 2 aliphatic rings. The van der Waals surface area contributed by atoms with Crippen LogP contribution in [0.3, 0.4) is 0 Å². The standard InChI is InChI=1S/C15H22N2OS/c1-10-14(18)17(12-4-6-15(2,3)8-12)13(16-10)11-5-7-19-9-11/h5,7,9-10,12-13,16H,4,6,8H2,1-3H3. The van der Waals surface area contributed by atoms with Crippen LogP contribution < -0.4 is 5.32 Å². The van der Waals surface area contributed by atoms with Gasteiger partial charge in [-0.15, -0.1) is 0 Å². The molecular weight excluding hydrogens is 256 g/mol. The van der Waals surface area contributed by atoms with Crippen LogP contribution in [0.25, 0.3) is 0 Å². The maximum Gasteiger partial charge on any atom is 0.241 e. The van der Waals surface area contributed by atoms with Crippen molar-refractivity contribution in [1.29, 1.82) is 0 Å². The van der Waals surface area contributed by atoms with E-state index in [1.807, 2.05) is 6.92 Å². The molecule has 1 saturated carbocycles. The first-order valence-corrected chi connectivity index (χ1v) is 8.02. The van der Waals surface area contributed by atoms with Gasteiger partial charge in [-0.25, -0.2) is 0 Å². The van der Waals surface area contributed by atoms with E-state index in [1.54, 1.807) is 11.3 Å². The molecule has 3 rings (SSSR count). The molecule has 0 aromatic carbocycles. The molecule has 3 atom stereocenters. The van der Waals surface area contributed by atoms with E-state index in [-0.39, 0.29) is 18.1 Å². The monoisotopic (exact) mass is 278 g/mol. The third kappa shape index (κ3) is 2.32. The lowest BCUT2D eigenvalue weighted by Crippen LogP contribution is -2.39. The van der Waals surface area contributed by atoms with Gasteiger partial charge in [0.25, 0.3) is 0 Å². The molecule has 1 amide bonds. The van der Waals surface area contributed by atoms with Gasteiger partial charge in [-0.3, -0.25) is 10.1 Å². The molecule has 0 bridgehead atoms. The molecule has 1 aromatic rings. The first-order chi connectivity index (χ1) is 8.98. The maximum atomic E-state index is 12.5. The first kappa shape index (κ1) is 13.1. The number of carbonyl (C=O) groups is 1. The van der Waals surface area contributed by atoms with Crippen LogP contribution in [0.1, 0.15) is 51.8 Å². The van der Waals surface area contributed by atoms with Crippen molar-refractivity contribution in [2.75, 3.05) is 0 Å². The maximum absolute atomic E-state index is 12.5. The van der Waals surface area contributed by atoms with Crippen molar-refractivity contribution in [2.24, 2.45) is 5.41 Å². The summed E-state index contributed by atoms with van der Waals surface area (Å²) in [5.41, 5.74) is 1.60. The summed E-state index contributed by atoms with van der Waals surface area (Å²) in [6.45, 7) is 6.59. The van der Waals surface area contributed by atoms with Gasteiger partial charge in [0.2, 0.25) is 5.91 Å². The van der Waals surface area contributed by atoms with E-state index in [0.717, 1.165) is 12.8 Å². The highest BCUT2D eigenvalue weighted by atomic mass is 32.1. The molecule has 1 aromatic heterocycles. The van der Waals surface area contributed by atoms with E-state index in [4.69, 9.17) is 0 Å². The molecule has 104 valence electrons. The van der Waals surface area contributed by atoms with E-state index in [9.17, 15) is 4.79 Å². The van der Waals surface area contributed by atoms with Gasteiger partial charge in [0.1, 0.15) is 6.17 Å². The van der Waals surface area contributed by atoms with E-state index in [2.05, 4.69) is 40.9 Å². The average molecular weight is 278 g/mol. The lowest BCUT2D eigenvalue weighted by molar-refractivity contribution is -0.132. The molecule has 0 radical (unpaired) electrons. The molecule has 2 heterocycles. The minimum Gasteiger partial charge on any atom is -0.319 e. The zero-order valence-corrected chi connectivity index (χ0v) is 12.7. The van der Waals surface area contributed by atoms with Crippen LogP contribution >= 0.6 is 11.3 Å². The number of amides is 1. The average Bonchev–Trinajstić information content (AvgIpc) is 3.01. The zero-order valence-electron chi connectivity index (χ0n) is 11.8. The Balaban J connectivity index is 1.86. The van der Waals surface area contributed by atoms with Crippen LogP contribution in [0.15, 0.2) is 16.8 Å². The minimum absolute atomic E-state index is 0.0615. The Morgan fingerprint density at radius 2 is 2.26 bits per heavy atom. The van der Waals surface area contributed by atoms with Crippen LogP contribution in [-0.2, 0) is 4.79 Å². The van der Waals surface area contributed by atoms with Gasteiger partial charge < -0.3 is 4.90 Å². The topological polar surface area (TPSA) is 32.3 Å². The summed E-state index contributed by atoms with van der Waals surface area (Å²) in [7, 11) is 0. The largest absolute Gasteiger partial charge is 0.319 e. The molecule has 1 aliphatic carbocycles. The number of nitrogens with one attached hydrogen (secondary N) is 1. The Kier molecular flexibility index (Phi) is 3.18. The lowest BCUT2D eigenvalue weighted by atomic mass is 9.91. The molecule has 2 fully saturated rings. The SMILES string of the molecule is CC1NC(c2ccsc2)N(C2CCC(C)(C)C2)C1=O. The van der Waals surface area contributed by atoms with Crippen molar-refractivity contribution in [3.05, 3.63) is 22.4 Å². The van der Waals surface area contributed by atoms with Crippen LogP contribution in [0.2, 0.25) is 0 Å². The quantitative estimate of drug-likeness (QED) is 0.901. The van der Waals surface area contributed by atoms with Crippen molar-refractivity contribution in [1.82, 2.24) is 10.2 Å². The summed E-state index contributed by atoms with van der Waals surface area (Å²) in [5, 5.41) is 7.68. The van der Waals surface area contributed by atoms with Crippen LogP contribution in [0.5, 0.6) is 0 Å². The second-order valence-corrected chi connectivity index (χ2v) is 7.43. The Bertz CT molecular complexity index is 468. The van der Waals surface area contributed by atoms with E-state index >= 15 is 0 Å². The smallest absolute Gasteiger partial charge is 0.241 e. The zero-order chi connectivity index (χ0) is 13.6. The van der Waals surface area contributed by atoms with Crippen molar-refractivity contribution in [3.8, 4) is 0 Å². The highest BCUT2D eigenvalue weighted by Crippen LogP contribution is 2.43. The number of nitrogens with zero attached hydrogens (tertiary/aromatic N) is 1. The van der Waals surface area contributed by atoms with Crippen molar-refractivity contribution in [3.63, 3.8) is 0 Å². The second kappa shape index (κ2) is 4.60. The fourth-order valence-electron chi connectivity index (χ4n) is 3.45. The molecule has 1 aliphatic heterocycles. The lowest BCUT2D eigenvalue weighted by Gasteiger charge is -2.31. The van der Waals surface area contributed by atoms with E-state index in [0.29, 0.717) is 11.5 Å². The van der Waals surface area contributed by atoms with Gasteiger partial charge in [-0.05, 0) is 54.0 Å². The molecular formula is C15H22N2OS. The van der Waals surface area contributed by atoms with Crippen LogP contribution in [-0.4, -0.2) is 22.9 Å². The first-order valence-electron chi connectivity index (χ1n) is 7.08. The van der Waals surface area contributed by atoms with Gasteiger partial charge in [0, 0.05) is 6.04 Å². The fourth-order valence-corrected chi connectivity index (χ4v) is 4.13. The fraction of sp³-hybridized carbons (Fsp3) is 0.667. The summed E-state index contributed by atoms with van der Waals surface area (Å²) >= 11 is 1.70. The Labute approximate surface area is 119 Å². The van der Waals surface area contributed by atoms with Crippen LogP contribution in [0.4, 0.5) is 0 Å². The molecule has 4 heteroatoms. The predicted octanol–water partition coefficient (Wildman–Crippen LogP) is 3.15. The number of hydrogen-bond acceptors (Lipinski definition) is 3. The van der Waals surface area contributed by atoms with Crippen molar-refractivity contribution in [2.45, 2.75) is 58.3 Å². The number of hydrogen-bond donors (Lipinski definition) is 1. The molecule has 19 heavy (non-hydrogen) atoms. The van der Waals surface area contributed by atoms with Gasteiger partial charge in [-0.2, -0.15) is 11.3 Å². The number of rotatable bonds is 2. The minimum atomic E-state index is -0.0615. The van der Waals surface area contributed by atoms with E-state index < -0.39 is 0 Å². The number of carbonyl (C=O) groups excluding carboxylic acids is 1. The normalized spacial score (nSPS) is 34.2. The van der Waals surface area contributed by atoms with Crippen molar-refractivity contribution < 1.29 is 4.79 Å². The van der Waals surface area contributed by atoms with E-state index in [1.165, 1.54) is 12.0 Å². The van der Waals surface area contributed by atoms with Gasteiger partial charge in [0.05, 0.1) is 6.04 Å². The molecule has 3 unspecified atom stereocenters. The Morgan fingerprint density at radius 3 is 2.84 bits per heavy atom. The highest BCUT2D eigenvalue weighted by molar-refractivity contribution is 7.07. The van der Waals surface area contributed by atoms with Crippen LogP contribution in [0, 0.1) is 5.41 Å².